The number of hydrogen-bond acceptors (Lipinski definition) is 3. The van der Waals surface area contributed by atoms with Gasteiger partial charge in [-0.2, -0.15) is 5.10 Å². The molecule has 20 heavy (non-hydrogen) atoms. The number of methoxy groups -OCH3 is 1. The molecular formula is C16H25N3O. The second-order valence-corrected chi connectivity index (χ2v) is 5.06. The van der Waals surface area contributed by atoms with Crippen LogP contribution < -0.4 is 5.32 Å². The first-order valence-electron chi connectivity index (χ1n) is 7.39. The molecule has 0 saturated carbocycles. The number of nitrogens with zero attached hydrogens (tertiary/aromatic N) is 2. The molecule has 0 aliphatic heterocycles. The number of rotatable bonds is 7. The van der Waals surface area contributed by atoms with Crippen molar-refractivity contribution in [2.45, 2.75) is 45.4 Å². The molecule has 2 unspecified atom stereocenters. The van der Waals surface area contributed by atoms with E-state index in [1.807, 2.05) is 7.05 Å². The highest BCUT2D eigenvalue weighted by Crippen LogP contribution is 2.21. The van der Waals surface area contributed by atoms with Crippen molar-refractivity contribution in [2.24, 2.45) is 0 Å². The molecule has 0 amide bonds. The second-order valence-electron chi connectivity index (χ2n) is 5.06. The number of aryl methyl sites for hydroxylation is 1. The smallest absolute Gasteiger partial charge is 0.0725 e. The topological polar surface area (TPSA) is 39.1 Å². The molecule has 1 aromatic heterocycles. The Hall–Kier alpha value is -1.39. The lowest BCUT2D eigenvalue weighted by atomic mass is 10.0. The number of para-hydroxylation sites is 1. The second kappa shape index (κ2) is 6.86. The molecule has 0 aliphatic rings. The van der Waals surface area contributed by atoms with Crippen molar-refractivity contribution in [1.82, 2.24) is 15.1 Å². The van der Waals surface area contributed by atoms with Gasteiger partial charge in [0.25, 0.3) is 0 Å². The van der Waals surface area contributed by atoms with Gasteiger partial charge >= 0.3 is 0 Å². The molecule has 0 aliphatic carbocycles. The van der Waals surface area contributed by atoms with Crippen LogP contribution >= 0.6 is 0 Å². The van der Waals surface area contributed by atoms with E-state index in [1.165, 1.54) is 10.9 Å². The van der Waals surface area contributed by atoms with Crippen LogP contribution in [0.5, 0.6) is 0 Å². The molecule has 2 rings (SSSR count). The Kier molecular flexibility index (Phi) is 5.15. The highest BCUT2D eigenvalue weighted by Gasteiger charge is 2.21. The lowest BCUT2D eigenvalue weighted by Crippen LogP contribution is -2.40. The van der Waals surface area contributed by atoms with E-state index < -0.39 is 0 Å². The first-order valence-corrected chi connectivity index (χ1v) is 7.39. The molecule has 1 N–H and O–H groups in total. The number of aromatic nitrogens is 2. The molecule has 4 heteroatoms. The van der Waals surface area contributed by atoms with Crippen molar-refractivity contribution in [3.05, 3.63) is 30.0 Å². The zero-order valence-electron chi connectivity index (χ0n) is 12.9. The van der Waals surface area contributed by atoms with Gasteiger partial charge in [-0.15, -0.1) is 0 Å². The summed E-state index contributed by atoms with van der Waals surface area (Å²) < 4.78 is 7.65. The number of benzene rings is 1. The highest BCUT2D eigenvalue weighted by molar-refractivity contribution is 5.82. The normalized spacial score (nSPS) is 14.6. The van der Waals surface area contributed by atoms with Crippen LogP contribution in [-0.2, 0) is 17.7 Å². The Balaban J connectivity index is 2.33. The standard InChI is InChI=1S/C16H25N3O/c1-5-16(20-4)14(17-3)11-13-12-9-7-8-10-15(12)19(6-2)18-13/h7-10,14,16-17H,5-6,11H2,1-4H3. The van der Waals surface area contributed by atoms with E-state index in [0.29, 0.717) is 0 Å². The van der Waals surface area contributed by atoms with E-state index >= 15 is 0 Å². The Labute approximate surface area is 121 Å². The fraction of sp³-hybridized carbons (Fsp3) is 0.562. The number of likely N-dealkylation sites (N-methyl/N-ethyl adjacent to an activating group) is 1. The Morgan fingerprint density at radius 1 is 1.30 bits per heavy atom. The van der Waals surface area contributed by atoms with E-state index in [0.717, 1.165) is 25.1 Å². The monoisotopic (exact) mass is 275 g/mol. The van der Waals surface area contributed by atoms with Crippen LogP contribution in [0.4, 0.5) is 0 Å². The minimum Gasteiger partial charge on any atom is -0.380 e. The van der Waals surface area contributed by atoms with Gasteiger partial charge in [0, 0.05) is 31.5 Å². The maximum absolute atomic E-state index is 5.57. The molecule has 0 fully saturated rings. The van der Waals surface area contributed by atoms with Gasteiger partial charge in [0.15, 0.2) is 0 Å². The van der Waals surface area contributed by atoms with Crippen molar-refractivity contribution >= 4 is 10.9 Å². The maximum atomic E-state index is 5.57. The fourth-order valence-corrected chi connectivity index (χ4v) is 2.83. The van der Waals surface area contributed by atoms with Crippen LogP contribution in [0, 0.1) is 0 Å². The lowest BCUT2D eigenvalue weighted by Gasteiger charge is -2.24. The van der Waals surface area contributed by atoms with Crippen molar-refractivity contribution in [2.75, 3.05) is 14.2 Å². The average molecular weight is 275 g/mol. The largest absolute Gasteiger partial charge is 0.380 e. The SMILES string of the molecule is CCC(OC)C(Cc1nn(CC)c2ccccc12)NC. The summed E-state index contributed by atoms with van der Waals surface area (Å²) in [7, 11) is 3.77. The van der Waals surface area contributed by atoms with E-state index in [4.69, 9.17) is 9.84 Å². The van der Waals surface area contributed by atoms with E-state index in [9.17, 15) is 0 Å². The maximum Gasteiger partial charge on any atom is 0.0725 e. The Morgan fingerprint density at radius 3 is 2.65 bits per heavy atom. The van der Waals surface area contributed by atoms with Gasteiger partial charge in [-0.05, 0) is 26.5 Å². The van der Waals surface area contributed by atoms with Crippen LogP contribution in [0.15, 0.2) is 24.3 Å². The van der Waals surface area contributed by atoms with Crippen LogP contribution in [-0.4, -0.2) is 36.1 Å². The first-order chi connectivity index (χ1) is 9.74. The van der Waals surface area contributed by atoms with Gasteiger partial charge in [0.05, 0.1) is 17.3 Å². The predicted molar refractivity (Wildman–Crippen MR) is 83.0 cm³/mol. The van der Waals surface area contributed by atoms with Crippen molar-refractivity contribution in [3.63, 3.8) is 0 Å². The minimum absolute atomic E-state index is 0.213. The quantitative estimate of drug-likeness (QED) is 0.844. The molecule has 0 spiro atoms. The molecule has 1 aromatic carbocycles. The number of ether oxygens (including phenoxy) is 1. The highest BCUT2D eigenvalue weighted by atomic mass is 16.5. The van der Waals surface area contributed by atoms with Gasteiger partial charge in [-0.1, -0.05) is 25.1 Å². The van der Waals surface area contributed by atoms with E-state index in [2.05, 4.69) is 48.1 Å². The molecule has 0 saturated heterocycles. The van der Waals surface area contributed by atoms with E-state index in [1.54, 1.807) is 7.11 Å². The summed E-state index contributed by atoms with van der Waals surface area (Å²) in [5.74, 6) is 0. The predicted octanol–water partition coefficient (Wildman–Crippen LogP) is 2.61. The zero-order valence-corrected chi connectivity index (χ0v) is 12.9. The summed E-state index contributed by atoms with van der Waals surface area (Å²) in [6.07, 6.45) is 2.09. The third-order valence-electron chi connectivity index (χ3n) is 3.97. The van der Waals surface area contributed by atoms with E-state index in [-0.39, 0.29) is 12.1 Å². The summed E-state index contributed by atoms with van der Waals surface area (Å²) in [4.78, 5) is 0. The zero-order chi connectivity index (χ0) is 14.5. The third kappa shape index (κ3) is 2.86. The van der Waals surface area contributed by atoms with Gasteiger partial charge < -0.3 is 10.1 Å². The molecule has 0 radical (unpaired) electrons. The van der Waals surface area contributed by atoms with Crippen molar-refractivity contribution in [3.8, 4) is 0 Å². The lowest BCUT2D eigenvalue weighted by molar-refractivity contribution is 0.0675. The molecule has 1 heterocycles. The van der Waals surface area contributed by atoms with Gasteiger partial charge in [-0.3, -0.25) is 4.68 Å². The van der Waals surface area contributed by atoms with Crippen LogP contribution in [0.1, 0.15) is 26.0 Å². The Morgan fingerprint density at radius 2 is 2.05 bits per heavy atom. The summed E-state index contributed by atoms with van der Waals surface area (Å²) >= 11 is 0. The summed E-state index contributed by atoms with van der Waals surface area (Å²) in [5, 5.41) is 9.39. The minimum atomic E-state index is 0.213. The molecule has 4 nitrogen and oxygen atoms in total. The van der Waals surface area contributed by atoms with Crippen molar-refractivity contribution in [1.29, 1.82) is 0 Å². The summed E-state index contributed by atoms with van der Waals surface area (Å²) in [5.41, 5.74) is 2.36. The molecule has 2 atom stereocenters. The summed E-state index contributed by atoms with van der Waals surface area (Å²) in [6, 6.07) is 8.73. The number of hydrogen-bond donors (Lipinski definition) is 1. The summed E-state index contributed by atoms with van der Waals surface area (Å²) in [6.45, 7) is 5.18. The van der Waals surface area contributed by atoms with Crippen LogP contribution in [0.3, 0.4) is 0 Å². The van der Waals surface area contributed by atoms with Gasteiger partial charge in [0.2, 0.25) is 0 Å². The number of nitrogens with one attached hydrogen (secondary N) is 1. The fourth-order valence-electron chi connectivity index (χ4n) is 2.83. The van der Waals surface area contributed by atoms with Crippen LogP contribution in [0.25, 0.3) is 10.9 Å². The average Bonchev–Trinajstić information content (AvgIpc) is 2.85. The third-order valence-corrected chi connectivity index (χ3v) is 3.97. The molecular weight excluding hydrogens is 250 g/mol. The molecule has 0 bridgehead atoms. The molecule has 110 valence electrons. The molecule has 2 aromatic rings. The number of fused-ring (bicyclic) bond motifs is 1. The van der Waals surface area contributed by atoms with Crippen molar-refractivity contribution < 1.29 is 4.74 Å². The Bertz CT molecular complexity index is 546. The first kappa shape index (κ1) is 15.0. The van der Waals surface area contributed by atoms with Gasteiger partial charge in [-0.25, -0.2) is 0 Å². The van der Waals surface area contributed by atoms with Gasteiger partial charge in [0.1, 0.15) is 0 Å². The van der Waals surface area contributed by atoms with Crippen LogP contribution in [0.2, 0.25) is 0 Å².